The third-order valence-electron chi connectivity index (χ3n) is 6.76. The average molecular weight is 568 g/mol. The Morgan fingerprint density at radius 2 is 2.22 bits per heavy atom. The molecule has 5 rings (SSSR count). The molecular formula is C26H21BrClFN6O. The lowest BCUT2D eigenvalue weighted by atomic mass is 9.94. The maximum absolute atomic E-state index is 15.5. The number of hydrogen-bond acceptors (Lipinski definition) is 5. The molecule has 0 saturated carbocycles. The second-order valence-electron chi connectivity index (χ2n) is 8.76. The summed E-state index contributed by atoms with van der Waals surface area (Å²) >= 11 is 9.61. The number of halogens is 3. The lowest BCUT2D eigenvalue weighted by molar-refractivity contribution is -0.130. The van der Waals surface area contributed by atoms with Crippen LogP contribution in [-0.2, 0) is 4.79 Å². The highest BCUT2D eigenvalue weighted by molar-refractivity contribution is 9.10. The zero-order valence-corrected chi connectivity index (χ0v) is 21.7. The van der Waals surface area contributed by atoms with Gasteiger partial charge in [0, 0.05) is 41.5 Å². The van der Waals surface area contributed by atoms with Crippen LogP contribution >= 0.6 is 27.5 Å². The van der Waals surface area contributed by atoms with Gasteiger partial charge in [-0.15, -0.1) is 0 Å². The van der Waals surface area contributed by atoms with E-state index < -0.39 is 5.82 Å². The van der Waals surface area contributed by atoms with Crippen molar-refractivity contribution in [1.29, 1.82) is 5.26 Å². The molecule has 0 unspecified atom stereocenters. The van der Waals surface area contributed by atoms with Crippen LogP contribution in [0, 0.1) is 24.1 Å². The highest BCUT2D eigenvalue weighted by atomic mass is 79.9. The van der Waals surface area contributed by atoms with Gasteiger partial charge in [-0.2, -0.15) is 5.26 Å². The van der Waals surface area contributed by atoms with E-state index in [0.717, 1.165) is 11.3 Å². The average Bonchev–Trinajstić information content (AvgIpc) is 3.33. The van der Waals surface area contributed by atoms with E-state index in [1.54, 1.807) is 23.5 Å². The predicted molar refractivity (Wildman–Crippen MR) is 140 cm³/mol. The highest BCUT2D eigenvalue weighted by Gasteiger charge is 2.33. The van der Waals surface area contributed by atoms with E-state index in [1.165, 1.54) is 6.08 Å². The first-order valence-electron chi connectivity index (χ1n) is 11.4. The number of aryl methyl sites for hydroxylation is 1. The second kappa shape index (κ2) is 9.60. The Morgan fingerprint density at radius 3 is 2.94 bits per heavy atom. The normalized spacial score (nSPS) is 17.9. The van der Waals surface area contributed by atoms with E-state index in [9.17, 15) is 10.1 Å². The van der Waals surface area contributed by atoms with Crippen LogP contribution in [0.4, 0.5) is 4.39 Å². The van der Waals surface area contributed by atoms with Gasteiger partial charge in [-0.1, -0.05) is 18.2 Å². The van der Waals surface area contributed by atoms with E-state index in [-0.39, 0.29) is 39.4 Å². The maximum Gasteiger partial charge on any atom is 0.246 e. The predicted octanol–water partition coefficient (Wildman–Crippen LogP) is 6.14. The summed E-state index contributed by atoms with van der Waals surface area (Å²) in [4.78, 5) is 27.9. The minimum Gasteiger partial charge on any atom is -0.335 e. The van der Waals surface area contributed by atoms with Crippen LogP contribution in [0.2, 0.25) is 5.02 Å². The molecule has 3 aromatic heterocycles. The summed E-state index contributed by atoms with van der Waals surface area (Å²) in [6.07, 6.45) is 6.11. The molecule has 4 heterocycles. The standard InChI is InChI=1S/C26H21BrClFN6O/c1-3-20(36)34-10-7-16(11-15(34)6-8-30)35-13-32-25-24(17-5-4-9-31-14(17)2)33-23-18(26(25)35)12-19(28)21(27)22(23)29/h3-5,9,12-13,15-16H,1,6-7,10-11H2,2H3/t15-,16+/m1/s1. The summed E-state index contributed by atoms with van der Waals surface area (Å²) in [5.41, 5.74) is 3.52. The number of fused-ring (bicyclic) bond motifs is 3. The van der Waals surface area contributed by atoms with Crippen molar-refractivity contribution in [3.8, 4) is 17.3 Å². The Labute approximate surface area is 220 Å². The van der Waals surface area contributed by atoms with Crippen LogP contribution in [0.1, 0.15) is 31.0 Å². The van der Waals surface area contributed by atoms with Gasteiger partial charge in [0.25, 0.3) is 0 Å². The van der Waals surface area contributed by atoms with Crippen molar-refractivity contribution in [1.82, 2.24) is 24.4 Å². The zero-order chi connectivity index (χ0) is 25.6. The molecule has 7 nitrogen and oxygen atoms in total. The Bertz CT molecular complexity index is 1580. The second-order valence-corrected chi connectivity index (χ2v) is 9.96. The van der Waals surface area contributed by atoms with Crippen LogP contribution in [0.25, 0.3) is 33.2 Å². The van der Waals surface area contributed by atoms with E-state index in [0.29, 0.717) is 41.5 Å². The van der Waals surface area contributed by atoms with Crippen molar-refractivity contribution in [3.05, 3.63) is 64.4 Å². The number of imidazole rings is 1. The highest BCUT2D eigenvalue weighted by Crippen LogP contribution is 2.40. The van der Waals surface area contributed by atoms with Crippen LogP contribution in [-0.4, -0.2) is 42.9 Å². The van der Waals surface area contributed by atoms with Gasteiger partial charge in [-0.25, -0.2) is 14.4 Å². The first-order valence-corrected chi connectivity index (χ1v) is 12.6. The SMILES string of the molecule is C=CC(=O)N1CC[C@H](n2cnc3c(-c4cccnc4C)nc4c(F)c(Br)c(Cl)cc4c32)C[C@H]1CC#N. The van der Waals surface area contributed by atoms with Gasteiger partial charge in [0.05, 0.1) is 33.8 Å². The van der Waals surface area contributed by atoms with Crippen molar-refractivity contribution in [2.24, 2.45) is 0 Å². The first kappa shape index (κ1) is 24.3. The minimum absolute atomic E-state index is 0.0684. The molecule has 1 aliphatic heterocycles. The third kappa shape index (κ3) is 3.94. The number of carbonyl (C=O) groups excluding carboxylic acids is 1. The summed E-state index contributed by atoms with van der Waals surface area (Å²) < 4.78 is 17.6. The number of nitrogens with zero attached hydrogens (tertiary/aromatic N) is 6. The number of aromatic nitrogens is 4. The number of amides is 1. The monoisotopic (exact) mass is 566 g/mol. The number of likely N-dealkylation sites (tertiary alicyclic amines) is 1. The first-order chi connectivity index (χ1) is 17.3. The largest absolute Gasteiger partial charge is 0.335 e. The van der Waals surface area contributed by atoms with Gasteiger partial charge in [0.1, 0.15) is 16.7 Å². The number of benzene rings is 1. The van der Waals surface area contributed by atoms with Gasteiger partial charge in [0.15, 0.2) is 5.82 Å². The van der Waals surface area contributed by atoms with Gasteiger partial charge in [-0.3, -0.25) is 9.78 Å². The maximum atomic E-state index is 15.5. The molecule has 1 aliphatic rings. The van der Waals surface area contributed by atoms with E-state index in [2.05, 4.69) is 33.6 Å². The quantitative estimate of drug-likeness (QED) is 0.218. The minimum atomic E-state index is -0.552. The topological polar surface area (TPSA) is 87.7 Å². The number of carbonyl (C=O) groups is 1. The Morgan fingerprint density at radius 1 is 1.42 bits per heavy atom. The molecule has 10 heteroatoms. The van der Waals surface area contributed by atoms with Crippen molar-refractivity contribution in [3.63, 3.8) is 0 Å². The summed E-state index contributed by atoms with van der Waals surface area (Å²) in [6.45, 7) is 5.93. The number of pyridine rings is 2. The van der Waals surface area contributed by atoms with Gasteiger partial charge in [-0.05, 0) is 60.0 Å². The van der Waals surface area contributed by atoms with Crippen LogP contribution in [0.15, 0.2) is 47.9 Å². The zero-order valence-electron chi connectivity index (χ0n) is 19.4. The Hall–Kier alpha value is -3.35. The molecule has 0 aliphatic carbocycles. The number of rotatable bonds is 4. The fraction of sp³-hybridized carbons (Fsp3) is 0.269. The summed E-state index contributed by atoms with van der Waals surface area (Å²) in [5.74, 6) is -0.740. The molecular weight excluding hydrogens is 547 g/mol. The molecule has 0 bridgehead atoms. The van der Waals surface area contributed by atoms with E-state index in [1.807, 2.05) is 23.6 Å². The van der Waals surface area contributed by atoms with Gasteiger partial charge in [0.2, 0.25) is 5.91 Å². The molecule has 182 valence electrons. The third-order valence-corrected chi connectivity index (χ3v) is 8.06. The fourth-order valence-electron chi connectivity index (χ4n) is 5.03. The summed E-state index contributed by atoms with van der Waals surface area (Å²) in [5, 5.41) is 10.2. The number of piperidine rings is 1. The lowest BCUT2D eigenvalue weighted by Gasteiger charge is -2.38. The van der Waals surface area contributed by atoms with Crippen LogP contribution in [0.5, 0.6) is 0 Å². The van der Waals surface area contributed by atoms with Crippen LogP contribution in [0.3, 0.4) is 0 Å². The molecule has 1 amide bonds. The molecule has 2 atom stereocenters. The van der Waals surface area contributed by atoms with Gasteiger partial charge >= 0.3 is 0 Å². The van der Waals surface area contributed by atoms with Crippen LogP contribution < -0.4 is 0 Å². The van der Waals surface area contributed by atoms with Crippen molar-refractivity contribution < 1.29 is 9.18 Å². The molecule has 0 spiro atoms. The van der Waals surface area contributed by atoms with Crippen molar-refractivity contribution in [2.45, 2.75) is 38.3 Å². The fourth-order valence-corrected chi connectivity index (χ4v) is 5.52. The molecule has 0 N–H and O–H groups in total. The molecule has 1 fully saturated rings. The lowest BCUT2D eigenvalue weighted by Crippen LogP contribution is -2.45. The molecule has 4 aromatic rings. The molecule has 1 saturated heterocycles. The molecule has 36 heavy (non-hydrogen) atoms. The smallest absolute Gasteiger partial charge is 0.246 e. The van der Waals surface area contributed by atoms with Gasteiger partial charge < -0.3 is 9.47 Å². The Balaban J connectivity index is 1.75. The number of nitriles is 1. The van der Waals surface area contributed by atoms with Crippen molar-refractivity contribution in [2.75, 3.05) is 6.54 Å². The van der Waals surface area contributed by atoms with E-state index in [4.69, 9.17) is 21.6 Å². The molecule has 1 aromatic carbocycles. The summed E-state index contributed by atoms with van der Waals surface area (Å²) in [6, 6.07) is 7.26. The Kier molecular flexibility index (Phi) is 6.49. The van der Waals surface area contributed by atoms with Crippen molar-refractivity contribution >= 4 is 55.4 Å². The summed E-state index contributed by atoms with van der Waals surface area (Å²) in [7, 11) is 0. The number of hydrogen-bond donors (Lipinski definition) is 0. The van der Waals surface area contributed by atoms with E-state index >= 15 is 4.39 Å². The molecule has 0 radical (unpaired) electrons.